The standard InChI is InChI=1S/C15H15BrFN/c1-10-5-6-12(14(17)8-10)13(16)9-15-11(2)4-3-7-18-15/h3-8,13H,9H2,1-2H3. The minimum absolute atomic E-state index is 0.0494. The monoisotopic (exact) mass is 307 g/mol. The number of benzene rings is 1. The first-order valence-electron chi connectivity index (χ1n) is 5.88. The Hall–Kier alpha value is -1.22. The quantitative estimate of drug-likeness (QED) is 0.760. The van der Waals surface area contributed by atoms with Gasteiger partial charge in [-0.3, -0.25) is 4.98 Å². The molecular formula is C15H15BrFN. The molecule has 0 bridgehead atoms. The number of hydrogen-bond acceptors (Lipinski definition) is 1. The largest absolute Gasteiger partial charge is 0.261 e. The first-order chi connectivity index (χ1) is 8.58. The summed E-state index contributed by atoms with van der Waals surface area (Å²) in [6, 6.07) is 9.26. The van der Waals surface area contributed by atoms with Crippen molar-refractivity contribution >= 4 is 15.9 Å². The molecule has 0 spiro atoms. The Kier molecular flexibility index (Phi) is 4.12. The number of hydrogen-bond donors (Lipinski definition) is 0. The van der Waals surface area contributed by atoms with Gasteiger partial charge >= 0.3 is 0 Å². The van der Waals surface area contributed by atoms with Crippen molar-refractivity contribution in [2.75, 3.05) is 0 Å². The average molecular weight is 308 g/mol. The van der Waals surface area contributed by atoms with Crippen LogP contribution in [0.5, 0.6) is 0 Å². The van der Waals surface area contributed by atoms with E-state index in [1.165, 1.54) is 0 Å². The highest BCUT2D eigenvalue weighted by Crippen LogP contribution is 2.29. The van der Waals surface area contributed by atoms with Crippen molar-refractivity contribution in [3.8, 4) is 0 Å². The van der Waals surface area contributed by atoms with Gasteiger partial charge in [-0.2, -0.15) is 0 Å². The molecule has 2 rings (SSSR count). The second-order valence-corrected chi connectivity index (χ2v) is 5.57. The fraction of sp³-hybridized carbons (Fsp3) is 0.267. The highest BCUT2D eigenvalue weighted by molar-refractivity contribution is 9.09. The number of aromatic nitrogens is 1. The molecular weight excluding hydrogens is 293 g/mol. The lowest BCUT2D eigenvalue weighted by molar-refractivity contribution is 0.606. The van der Waals surface area contributed by atoms with Crippen molar-refractivity contribution in [2.24, 2.45) is 0 Å². The average Bonchev–Trinajstić information content (AvgIpc) is 2.32. The van der Waals surface area contributed by atoms with Crippen molar-refractivity contribution in [3.63, 3.8) is 0 Å². The molecule has 3 heteroatoms. The van der Waals surface area contributed by atoms with Gasteiger partial charge in [-0.05, 0) is 37.1 Å². The number of aryl methyl sites for hydroxylation is 2. The lowest BCUT2D eigenvalue weighted by atomic mass is 10.0. The fourth-order valence-electron chi connectivity index (χ4n) is 1.90. The molecule has 1 aromatic carbocycles. The molecule has 0 radical (unpaired) electrons. The van der Waals surface area contributed by atoms with Gasteiger partial charge in [0.2, 0.25) is 0 Å². The van der Waals surface area contributed by atoms with Gasteiger partial charge in [0.15, 0.2) is 0 Å². The minimum Gasteiger partial charge on any atom is -0.261 e. The van der Waals surface area contributed by atoms with Gasteiger partial charge in [-0.25, -0.2) is 4.39 Å². The van der Waals surface area contributed by atoms with Crippen LogP contribution in [0.15, 0.2) is 36.5 Å². The molecule has 1 aromatic heterocycles. The maximum Gasteiger partial charge on any atom is 0.127 e. The van der Waals surface area contributed by atoms with E-state index in [-0.39, 0.29) is 10.6 Å². The predicted octanol–water partition coefficient (Wildman–Crippen LogP) is 4.52. The summed E-state index contributed by atoms with van der Waals surface area (Å²) >= 11 is 3.55. The van der Waals surface area contributed by atoms with Gasteiger partial charge in [0.05, 0.1) is 0 Å². The first-order valence-corrected chi connectivity index (χ1v) is 6.80. The molecule has 94 valence electrons. The van der Waals surface area contributed by atoms with Crippen molar-refractivity contribution in [2.45, 2.75) is 25.1 Å². The van der Waals surface area contributed by atoms with Crippen LogP contribution in [0.2, 0.25) is 0 Å². The van der Waals surface area contributed by atoms with Crippen LogP contribution in [-0.2, 0) is 6.42 Å². The maximum atomic E-state index is 13.9. The molecule has 0 fully saturated rings. The molecule has 0 aliphatic carbocycles. The number of rotatable bonds is 3. The molecule has 0 aliphatic rings. The Morgan fingerprint density at radius 3 is 2.72 bits per heavy atom. The van der Waals surface area contributed by atoms with Crippen LogP contribution in [0.3, 0.4) is 0 Å². The second-order valence-electron chi connectivity index (χ2n) is 4.46. The Morgan fingerprint density at radius 1 is 1.28 bits per heavy atom. The number of pyridine rings is 1. The summed E-state index contributed by atoms with van der Waals surface area (Å²) in [5.41, 5.74) is 3.75. The molecule has 0 aliphatic heterocycles. The van der Waals surface area contributed by atoms with Crippen LogP contribution in [0.1, 0.15) is 27.2 Å². The maximum absolute atomic E-state index is 13.9. The first kappa shape index (κ1) is 13.2. The van der Waals surface area contributed by atoms with Gasteiger partial charge in [-0.1, -0.05) is 34.1 Å². The summed E-state index contributed by atoms with van der Waals surface area (Å²) in [5.74, 6) is -0.162. The van der Waals surface area contributed by atoms with Crippen LogP contribution in [0, 0.1) is 19.7 Å². The van der Waals surface area contributed by atoms with Crippen LogP contribution < -0.4 is 0 Å². The Balaban J connectivity index is 2.22. The molecule has 2 aromatic rings. The third kappa shape index (κ3) is 2.96. The Morgan fingerprint density at radius 2 is 2.06 bits per heavy atom. The summed E-state index contributed by atoms with van der Waals surface area (Å²) < 4.78 is 13.9. The molecule has 1 unspecified atom stereocenters. The van der Waals surface area contributed by atoms with Crippen LogP contribution >= 0.6 is 15.9 Å². The molecule has 1 nitrogen and oxygen atoms in total. The summed E-state index contributed by atoms with van der Waals surface area (Å²) in [6.45, 7) is 3.91. The molecule has 1 atom stereocenters. The van der Waals surface area contributed by atoms with E-state index in [1.54, 1.807) is 12.3 Å². The molecule has 0 amide bonds. The van der Waals surface area contributed by atoms with E-state index in [9.17, 15) is 4.39 Å². The molecule has 0 saturated carbocycles. The topological polar surface area (TPSA) is 12.9 Å². The fourth-order valence-corrected chi connectivity index (χ4v) is 2.58. The summed E-state index contributed by atoms with van der Waals surface area (Å²) in [4.78, 5) is 4.29. The van der Waals surface area contributed by atoms with E-state index in [0.29, 0.717) is 12.0 Å². The van der Waals surface area contributed by atoms with Gasteiger partial charge < -0.3 is 0 Å². The predicted molar refractivity (Wildman–Crippen MR) is 75.5 cm³/mol. The van der Waals surface area contributed by atoms with Gasteiger partial charge in [0, 0.05) is 28.7 Å². The van der Waals surface area contributed by atoms with Crippen LogP contribution in [0.4, 0.5) is 4.39 Å². The van der Waals surface area contributed by atoms with Crippen molar-refractivity contribution in [3.05, 3.63) is 64.7 Å². The van der Waals surface area contributed by atoms with Gasteiger partial charge in [0.1, 0.15) is 5.82 Å². The Labute approximate surface area is 115 Å². The normalized spacial score (nSPS) is 12.4. The van der Waals surface area contributed by atoms with E-state index < -0.39 is 0 Å². The summed E-state index contributed by atoms with van der Waals surface area (Å²) in [7, 11) is 0. The van der Waals surface area contributed by atoms with Crippen LogP contribution in [0.25, 0.3) is 0 Å². The lowest BCUT2D eigenvalue weighted by Crippen LogP contribution is -2.02. The SMILES string of the molecule is Cc1ccc(C(Br)Cc2ncccc2C)c(F)c1. The van der Waals surface area contributed by atoms with E-state index in [2.05, 4.69) is 20.9 Å². The number of halogens is 2. The zero-order valence-electron chi connectivity index (χ0n) is 10.5. The van der Waals surface area contributed by atoms with E-state index in [4.69, 9.17) is 0 Å². The van der Waals surface area contributed by atoms with Crippen molar-refractivity contribution < 1.29 is 4.39 Å². The highest BCUT2D eigenvalue weighted by atomic mass is 79.9. The highest BCUT2D eigenvalue weighted by Gasteiger charge is 2.14. The zero-order valence-corrected chi connectivity index (χ0v) is 12.0. The van der Waals surface area contributed by atoms with Crippen molar-refractivity contribution in [1.29, 1.82) is 0 Å². The van der Waals surface area contributed by atoms with E-state index in [0.717, 1.165) is 16.8 Å². The summed E-state index contributed by atoms with van der Waals surface area (Å²) in [6.07, 6.45) is 2.46. The smallest absolute Gasteiger partial charge is 0.127 e. The van der Waals surface area contributed by atoms with Gasteiger partial charge in [0.25, 0.3) is 0 Å². The zero-order chi connectivity index (χ0) is 13.1. The summed E-state index contributed by atoms with van der Waals surface area (Å²) in [5, 5.41) is 0. The van der Waals surface area contributed by atoms with Gasteiger partial charge in [-0.15, -0.1) is 0 Å². The third-order valence-electron chi connectivity index (χ3n) is 2.98. The van der Waals surface area contributed by atoms with Crippen molar-refractivity contribution in [1.82, 2.24) is 4.98 Å². The molecule has 0 N–H and O–H groups in total. The Bertz CT molecular complexity index is 554. The third-order valence-corrected chi connectivity index (χ3v) is 3.80. The van der Waals surface area contributed by atoms with E-state index >= 15 is 0 Å². The lowest BCUT2D eigenvalue weighted by Gasteiger charge is -2.12. The molecule has 18 heavy (non-hydrogen) atoms. The molecule has 0 saturated heterocycles. The number of alkyl halides is 1. The number of nitrogens with zero attached hydrogens (tertiary/aromatic N) is 1. The van der Waals surface area contributed by atoms with Crippen LogP contribution in [-0.4, -0.2) is 4.98 Å². The minimum atomic E-state index is -0.162. The molecule has 1 heterocycles. The van der Waals surface area contributed by atoms with E-state index in [1.807, 2.05) is 38.1 Å². The second kappa shape index (κ2) is 5.61.